The standard InChI is InChI=1S/C15H11BrClNO4/c16-12-10(17)6-7-11-13(12)22-15(21-11,8-18-14(19)20)9-4-2-1-3-5-9/h1-7,18H,8H2,(H,19,20). The molecule has 1 unspecified atom stereocenters. The number of ether oxygens (including phenoxy) is 2. The van der Waals surface area contributed by atoms with Crippen LogP contribution in [0.1, 0.15) is 5.56 Å². The third kappa shape index (κ3) is 2.60. The number of hydrogen-bond donors (Lipinski definition) is 2. The molecule has 2 N–H and O–H groups in total. The summed E-state index contributed by atoms with van der Waals surface area (Å²) < 4.78 is 12.5. The minimum Gasteiger partial charge on any atom is -0.465 e. The molecule has 5 nitrogen and oxygen atoms in total. The lowest BCUT2D eigenvalue weighted by atomic mass is 10.1. The van der Waals surface area contributed by atoms with Gasteiger partial charge in [0.1, 0.15) is 6.54 Å². The topological polar surface area (TPSA) is 67.8 Å². The number of fused-ring (bicyclic) bond motifs is 1. The van der Waals surface area contributed by atoms with E-state index in [1.54, 1.807) is 12.1 Å². The van der Waals surface area contributed by atoms with E-state index in [1.165, 1.54) is 0 Å². The van der Waals surface area contributed by atoms with E-state index in [0.29, 0.717) is 26.6 Å². The van der Waals surface area contributed by atoms with Crippen LogP contribution in [0.2, 0.25) is 5.02 Å². The minimum absolute atomic E-state index is 0.0644. The van der Waals surface area contributed by atoms with Crippen LogP contribution in [0.5, 0.6) is 11.5 Å². The fraction of sp³-hybridized carbons (Fsp3) is 0.133. The van der Waals surface area contributed by atoms with E-state index in [0.717, 1.165) is 0 Å². The van der Waals surface area contributed by atoms with Crippen molar-refractivity contribution < 1.29 is 19.4 Å². The zero-order valence-corrected chi connectivity index (χ0v) is 13.5. The molecule has 2 aromatic rings. The summed E-state index contributed by atoms with van der Waals surface area (Å²) in [6.45, 7) is -0.0644. The van der Waals surface area contributed by atoms with Crippen LogP contribution in [0.25, 0.3) is 0 Å². The Kier molecular flexibility index (Phi) is 3.88. The highest BCUT2D eigenvalue weighted by Gasteiger charge is 2.45. The largest absolute Gasteiger partial charge is 0.465 e. The molecule has 0 radical (unpaired) electrons. The van der Waals surface area contributed by atoms with Crippen LogP contribution in [0.15, 0.2) is 46.9 Å². The zero-order chi connectivity index (χ0) is 15.7. The van der Waals surface area contributed by atoms with Gasteiger partial charge in [-0.1, -0.05) is 41.9 Å². The van der Waals surface area contributed by atoms with Gasteiger partial charge < -0.3 is 19.9 Å². The second-order valence-corrected chi connectivity index (χ2v) is 5.87. The van der Waals surface area contributed by atoms with Crippen LogP contribution in [0.3, 0.4) is 0 Å². The summed E-state index contributed by atoms with van der Waals surface area (Å²) in [4.78, 5) is 10.9. The van der Waals surface area contributed by atoms with Crippen molar-refractivity contribution >= 4 is 33.6 Å². The number of carboxylic acid groups (broad SMARTS) is 1. The highest BCUT2D eigenvalue weighted by molar-refractivity contribution is 9.10. The maximum absolute atomic E-state index is 10.9. The average molecular weight is 385 g/mol. The van der Waals surface area contributed by atoms with Gasteiger partial charge >= 0.3 is 6.09 Å². The van der Waals surface area contributed by atoms with E-state index >= 15 is 0 Å². The predicted octanol–water partition coefficient (Wildman–Crippen LogP) is 3.99. The molecular weight excluding hydrogens is 374 g/mol. The summed E-state index contributed by atoms with van der Waals surface area (Å²) in [5.41, 5.74) is 0.697. The summed E-state index contributed by atoms with van der Waals surface area (Å²) in [5, 5.41) is 11.7. The van der Waals surface area contributed by atoms with Crippen LogP contribution >= 0.6 is 27.5 Å². The Morgan fingerprint density at radius 2 is 1.95 bits per heavy atom. The van der Waals surface area contributed by atoms with Gasteiger partial charge in [0.25, 0.3) is 5.79 Å². The molecule has 0 saturated heterocycles. The van der Waals surface area contributed by atoms with E-state index in [2.05, 4.69) is 21.2 Å². The minimum atomic E-state index is -1.27. The van der Waals surface area contributed by atoms with E-state index in [4.69, 9.17) is 26.2 Å². The first-order valence-corrected chi connectivity index (χ1v) is 7.57. The molecule has 3 rings (SSSR count). The Balaban J connectivity index is 2.03. The lowest BCUT2D eigenvalue weighted by Crippen LogP contribution is -2.46. The van der Waals surface area contributed by atoms with Gasteiger partial charge in [0.2, 0.25) is 0 Å². The van der Waals surface area contributed by atoms with Gasteiger partial charge in [0, 0.05) is 5.56 Å². The average Bonchev–Trinajstić information content (AvgIpc) is 2.91. The molecule has 0 fully saturated rings. The molecule has 114 valence electrons. The van der Waals surface area contributed by atoms with Crippen molar-refractivity contribution in [2.24, 2.45) is 0 Å². The number of halogens is 2. The zero-order valence-electron chi connectivity index (χ0n) is 11.2. The van der Waals surface area contributed by atoms with Crippen molar-refractivity contribution in [3.8, 4) is 11.5 Å². The second kappa shape index (κ2) is 5.70. The van der Waals surface area contributed by atoms with Gasteiger partial charge in [0.15, 0.2) is 11.5 Å². The van der Waals surface area contributed by atoms with E-state index < -0.39 is 11.9 Å². The Bertz CT molecular complexity index is 725. The normalized spacial score (nSPS) is 19.0. The molecule has 22 heavy (non-hydrogen) atoms. The van der Waals surface area contributed by atoms with Gasteiger partial charge in [-0.25, -0.2) is 4.79 Å². The first-order chi connectivity index (χ1) is 10.5. The predicted molar refractivity (Wildman–Crippen MR) is 84.6 cm³/mol. The fourth-order valence-electron chi connectivity index (χ4n) is 2.23. The molecule has 1 heterocycles. The number of amides is 1. The van der Waals surface area contributed by atoms with Crippen molar-refractivity contribution in [2.75, 3.05) is 6.54 Å². The summed E-state index contributed by atoms with van der Waals surface area (Å²) in [6.07, 6.45) is -1.16. The molecule has 1 aliphatic rings. The monoisotopic (exact) mass is 383 g/mol. The Hall–Kier alpha value is -1.92. The third-order valence-electron chi connectivity index (χ3n) is 3.24. The van der Waals surface area contributed by atoms with Crippen molar-refractivity contribution in [3.63, 3.8) is 0 Å². The highest BCUT2D eigenvalue weighted by atomic mass is 79.9. The van der Waals surface area contributed by atoms with Gasteiger partial charge in [-0.2, -0.15) is 0 Å². The molecule has 0 aromatic heterocycles. The van der Waals surface area contributed by atoms with Crippen molar-refractivity contribution in [1.82, 2.24) is 5.32 Å². The molecule has 0 bridgehead atoms. The van der Waals surface area contributed by atoms with Crippen LogP contribution < -0.4 is 14.8 Å². The number of nitrogens with one attached hydrogen (secondary N) is 1. The van der Waals surface area contributed by atoms with E-state index in [9.17, 15) is 4.79 Å². The first-order valence-electron chi connectivity index (χ1n) is 6.40. The number of benzene rings is 2. The summed E-state index contributed by atoms with van der Waals surface area (Å²) in [6, 6.07) is 12.5. The quantitative estimate of drug-likeness (QED) is 0.839. The molecule has 2 aromatic carbocycles. The molecular formula is C15H11BrClNO4. The van der Waals surface area contributed by atoms with Crippen molar-refractivity contribution in [3.05, 3.63) is 57.5 Å². The van der Waals surface area contributed by atoms with Gasteiger partial charge in [-0.15, -0.1) is 0 Å². The summed E-state index contributed by atoms with van der Waals surface area (Å²) in [7, 11) is 0. The molecule has 0 spiro atoms. The van der Waals surface area contributed by atoms with Gasteiger partial charge in [0.05, 0.1) is 9.50 Å². The maximum Gasteiger partial charge on any atom is 0.404 e. The molecule has 7 heteroatoms. The number of hydrogen-bond acceptors (Lipinski definition) is 3. The third-order valence-corrected chi connectivity index (χ3v) is 4.57. The SMILES string of the molecule is O=C(O)NCC1(c2ccccc2)Oc2ccc(Cl)c(Br)c2O1. The van der Waals surface area contributed by atoms with Crippen LogP contribution in [0.4, 0.5) is 4.79 Å². The first kappa shape index (κ1) is 15.0. The molecule has 1 amide bonds. The van der Waals surface area contributed by atoms with Gasteiger partial charge in [-0.3, -0.25) is 0 Å². The maximum atomic E-state index is 10.9. The van der Waals surface area contributed by atoms with Crippen LogP contribution in [-0.4, -0.2) is 17.7 Å². The summed E-state index contributed by atoms with van der Waals surface area (Å²) in [5.74, 6) is -0.328. The highest BCUT2D eigenvalue weighted by Crippen LogP contribution is 2.50. The molecule has 1 atom stereocenters. The Labute approximate surface area is 139 Å². The Morgan fingerprint density at radius 3 is 2.64 bits per heavy atom. The fourth-order valence-corrected chi connectivity index (χ4v) is 2.79. The number of carbonyl (C=O) groups is 1. The smallest absolute Gasteiger partial charge is 0.404 e. The van der Waals surface area contributed by atoms with Crippen molar-refractivity contribution in [2.45, 2.75) is 5.79 Å². The lowest BCUT2D eigenvalue weighted by molar-refractivity contribution is -0.0825. The van der Waals surface area contributed by atoms with Crippen molar-refractivity contribution in [1.29, 1.82) is 0 Å². The summed E-state index contributed by atoms with van der Waals surface area (Å²) >= 11 is 9.43. The van der Waals surface area contributed by atoms with Crippen LogP contribution in [-0.2, 0) is 5.79 Å². The Morgan fingerprint density at radius 1 is 1.23 bits per heavy atom. The molecule has 0 saturated carbocycles. The lowest BCUT2D eigenvalue weighted by Gasteiger charge is -2.27. The molecule has 0 aliphatic carbocycles. The van der Waals surface area contributed by atoms with E-state index in [1.807, 2.05) is 30.3 Å². The second-order valence-electron chi connectivity index (χ2n) is 4.67. The van der Waals surface area contributed by atoms with Crippen LogP contribution in [0, 0.1) is 0 Å². The molecule has 1 aliphatic heterocycles. The van der Waals surface area contributed by atoms with E-state index in [-0.39, 0.29) is 6.54 Å². The number of rotatable bonds is 3. The van der Waals surface area contributed by atoms with Gasteiger partial charge in [-0.05, 0) is 28.1 Å².